The Labute approximate surface area is 146 Å². The normalized spacial score (nSPS) is 29.1. The Morgan fingerprint density at radius 1 is 1.17 bits per heavy atom. The van der Waals surface area contributed by atoms with Crippen molar-refractivity contribution in [2.24, 2.45) is 11.3 Å². The molecule has 24 heavy (non-hydrogen) atoms. The van der Waals surface area contributed by atoms with Crippen LogP contribution < -0.4 is 0 Å². The molecule has 0 radical (unpaired) electrons. The van der Waals surface area contributed by atoms with Gasteiger partial charge in [0.1, 0.15) is 5.78 Å². The highest BCUT2D eigenvalue weighted by atomic mass is 16.1. The molecule has 0 spiro atoms. The van der Waals surface area contributed by atoms with Gasteiger partial charge in [-0.3, -0.25) is 9.59 Å². The lowest BCUT2D eigenvalue weighted by Crippen LogP contribution is -2.43. The molecule has 3 unspecified atom stereocenters. The summed E-state index contributed by atoms with van der Waals surface area (Å²) in [5, 5.41) is 0. The lowest BCUT2D eigenvalue weighted by atomic mass is 9.55. The molecule has 1 aromatic carbocycles. The highest BCUT2D eigenvalue weighted by Crippen LogP contribution is 2.54. The van der Waals surface area contributed by atoms with Crippen LogP contribution in [0.4, 0.5) is 0 Å². The fourth-order valence-corrected chi connectivity index (χ4v) is 5.18. The molecule has 3 rings (SSSR count). The molecule has 2 nitrogen and oxygen atoms in total. The molecular formula is C22H30O2. The fraction of sp³-hybridized carbons (Fsp3) is 0.636. The van der Waals surface area contributed by atoms with Crippen LogP contribution in [-0.4, -0.2) is 11.6 Å². The van der Waals surface area contributed by atoms with Crippen molar-refractivity contribution in [3.8, 4) is 0 Å². The van der Waals surface area contributed by atoms with Crippen molar-refractivity contribution in [3.05, 3.63) is 34.4 Å². The third-order valence-corrected chi connectivity index (χ3v) is 6.76. The average Bonchev–Trinajstić information content (AvgIpc) is 2.53. The van der Waals surface area contributed by atoms with Crippen LogP contribution in [0, 0.1) is 11.3 Å². The van der Waals surface area contributed by atoms with Crippen LogP contribution in [0.25, 0.3) is 0 Å². The van der Waals surface area contributed by atoms with E-state index in [1.807, 2.05) is 0 Å². The lowest BCUT2D eigenvalue weighted by molar-refractivity contribution is -0.131. The van der Waals surface area contributed by atoms with E-state index in [0.29, 0.717) is 23.5 Å². The molecule has 0 aromatic heterocycles. The van der Waals surface area contributed by atoms with E-state index in [0.717, 1.165) is 37.7 Å². The van der Waals surface area contributed by atoms with Gasteiger partial charge < -0.3 is 0 Å². The number of hydrogen-bond donors (Lipinski definition) is 0. The minimum absolute atomic E-state index is 0.161. The monoisotopic (exact) mass is 326 g/mol. The number of fused-ring (bicyclic) bond motifs is 3. The summed E-state index contributed by atoms with van der Waals surface area (Å²) in [6, 6.07) is 4.46. The Balaban J connectivity index is 2.10. The summed E-state index contributed by atoms with van der Waals surface area (Å²) in [4.78, 5) is 24.5. The molecule has 130 valence electrons. The second kappa shape index (κ2) is 6.13. The van der Waals surface area contributed by atoms with Gasteiger partial charge in [-0.25, -0.2) is 0 Å². The van der Waals surface area contributed by atoms with Crippen LogP contribution in [0.5, 0.6) is 0 Å². The second-order valence-corrected chi connectivity index (χ2v) is 8.47. The van der Waals surface area contributed by atoms with Gasteiger partial charge >= 0.3 is 0 Å². The Hall–Kier alpha value is -1.44. The molecule has 2 heteroatoms. The Morgan fingerprint density at radius 3 is 2.46 bits per heavy atom. The first-order valence-corrected chi connectivity index (χ1v) is 9.44. The van der Waals surface area contributed by atoms with Gasteiger partial charge in [0.25, 0.3) is 0 Å². The fourth-order valence-electron chi connectivity index (χ4n) is 5.18. The van der Waals surface area contributed by atoms with E-state index in [9.17, 15) is 9.59 Å². The number of Topliss-reactive ketones (excluding diaryl/α,β-unsaturated/α-hetero) is 2. The second-order valence-electron chi connectivity index (χ2n) is 8.47. The van der Waals surface area contributed by atoms with Crippen molar-refractivity contribution in [2.45, 2.75) is 78.6 Å². The van der Waals surface area contributed by atoms with Crippen LogP contribution in [0.3, 0.4) is 0 Å². The molecule has 0 heterocycles. The van der Waals surface area contributed by atoms with Crippen molar-refractivity contribution in [1.29, 1.82) is 0 Å². The molecule has 0 amide bonds. The molecule has 0 bridgehead atoms. The van der Waals surface area contributed by atoms with Crippen molar-refractivity contribution in [2.75, 3.05) is 0 Å². The van der Waals surface area contributed by atoms with Gasteiger partial charge in [-0.05, 0) is 80.0 Å². The minimum atomic E-state index is -0.187. The summed E-state index contributed by atoms with van der Waals surface area (Å²) < 4.78 is 0. The molecule has 0 aliphatic heterocycles. The van der Waals surface area contributed by atoms with Crippen LogP contribution >= 0.6 is 0 Å². The maximum atomic E-state index is 12.4. The van der Waals surface area contributed by atoms with E-state index >= 15 is 0 Å². The Bertz CT molecular complexity index is 685. The predicted octanol–water partition coefficient (Wildman–Crippen LogP) is 5.44. The first kappa shape index (κ1) is 17.4. The van der Waals surface area contributed by atoms with Crippen molar-refractivity contribution in [1.82, 2.24) is 0 Å². The van der Waals surface area contributed by atoms with Gasteiger partial charge in [0.2, 0.25) is 0 Å². The number of ketones is 2. The topological polar surface area (TPSA) is 34.1 Å². The molecule has 3 atom stereocenters. The summed E-state index contributed by atoms with van der Waals surface area (Å²) in [7, 11) is 0. The molecule has 2 aliphatic carbocycles. The van der Waals surface area contributed by atoms with Gasteiger partial charge in [0.05, 0.1) is 0 Å². The number of benzene rings is 1. The quantitative estimate of drug-likeness (QED) is 0.693. The smallest absolute Gasteiger partial charge is 0.160 e. The summed E-state index contributed by atoms with van der Waals surface area (Å²) >= 11 is 0. The Morgan fingerprint density at radius 2 is 1.88 bits per heavy atom. The number of carbonyl (C=O) groups is 2. The van der Waals surface area contributed by atoms with Gasteiger partial charge in [0, 0.05) is 11.0 Å². The molecule has 1 fully saturated rings. The molecule has 0 N–H and O–H groups in total. The van der Waals surface area contributed by atoms with Crippen molar-refractivity contribution in [3.63, 3.8) is 0 Å². The zero-order valence-electron chi connectivity index (χ0n) is 15.7. The third-order valence-electron chi connectivity index (χ3n) is 6.76. The average molecular weight is 326 g/mol. The highest BCUT2D eigenvalue weighted by molar-refractivity contribution is 5.96. The standard InChI is InChI=1S/C22H30O2/c1-13(2)18-11-16-8-9-21-17(20(16)12-19(18)14(3)23)7-6-10-22(21,5)15(4)24/h11-13,17,21H,6-10H2,1-5H3. The Kier molecular flexibility index (Phi) is 4.44. The van der Waals surface area contributed by atoms with Gasteiger partial charge in [-0.2, -0.15) is 0 Å². The third kappa shape index (κ3) is 2.64. The van der Waals surface area contributed by atoms with E-state index < -0.39 is 0 Å². The number of hydrogen-bond acceptors (Lipinski definition) is 2. The summed E-state index contributed by atoms with van der Waals surface area (Å²) in [6.45, 7) is 9.93. The predicted molar refractivity (Wildman–Crippen MR) is 97.7 cm³/mol. The van der Waals surface area contributed by atoms with Crippen LogP contribution in [0.15, 0.2) is 12.1 Å². The lowest BCUT2D eigenvalue weighted by Gasteiger charge is -2.48. The molecular weight excluding hydrogens is 296 g/mol. The maximum absolute atomic E-state index is 12.4. The SMILES string of the molecule is CC(=O)c1cc2c(cc1C(C)C)CCC1C2CCCC1(C)C(C)=O. The zero-order valence-corrected chi connectivity index (χ0v) is 15.7. The van der Waals surface area contributed by atoms with Gasteiger partial charge in [-0.15, -0.1) is 0 Å². The summed E-state index contributed by atoms with van der Waals surface area (Å²) in [6.07, 6.45) is 5.42. The van der Waals surface area contributed by atoms with Gasteiger partial charge in [-0.1, -0.05) is 33.3 Å². The molecule has 2 aliphatic rings. The zero-order chi connectivity index (χ0) is 17.6. The first-order chi connectivity index (χ1) is 11.3. The van der Waals surface area contributed by atoms with E-state index in [1.165, 1.54) is 16.7 Å². The number of carbonyl (C=O) groups excluding carboxylic acids is 2. The van der Waals surface area contributed by atoms with E-state index in [-0.39, 0.29) is 11.2 Å². The van der Waals surface area contributed by atoms with Crippen LogP contribution in [-0.2, 0) is 11.2 Å². The van der Waals surface area contributed by atoms with E-state index in [1.54, 1.807) is 13.8 Å². The van der Waals surface area contributed by atoms with E-state index in [2.05, 4.69) is 32.9 Å². The molecule has 0 saturated heterocycles. The number of rotatable bonds is 3. The van der Waals surface area contributed by atoms with Crippen LogP contribution in [0.2, 0.25) is 0 Å². The maximum Gasteiger partial charge on any atom is 0.160 e. The molecule has 1 saturated carbocycles. The van der Waals surface area contributed by atoms with Crippen LogP contribution in [0.1, 0.15) is 99.2 Å². The van der Waals surface area contributed by atoms with Crippen molar-refractivity contribution >= 4 is 11.6 Å². The first-order valence-electron chi connectivity index (χ1n) is 9.44. The highest BCUT2D eigenvalue weighted by Gasteiger charge is 2.47. The number of aryl methyl sites for hydroxylation is 1. The van der Waals surface area contributed by atoms with Crippen molar-refractivity contribution < 1.29 is 9.59 Å². The molecule has 1 aromatic rings. The van der Waals surface area contributed by atoms with E-state index in [4.69, 9.17) is 0 Å². The minimum Gasteiger partial charge on any atom is -0.299 e. The largest absolute Gasteiger partial charge is 0.299 e. The summed E-state index contributed by atoms with van der Waals surface area (Å²) in [5.41, 5.74) is 4.66. The van der Waals surface area contributed by atoms with Gasteiger partial charge in [0.15, 0.2) is 5.78 Å². The summed E-state index contributed by atoms with van der Waals surface area (Å²) in [5.74, 6) is 1.73.